The molecule has 0 aromatic heterocycles. The maximum Gasteiger partial charge on any atom is 0.307 e. The van der Waals surface area contributed by atoms with Gasteiger partial charge < -0.3 is 43.7 Å². The minimum atomic E-state index is -0.154. The van der Waals surface area contributed by atoms with Gasteiger partial charge in [-0.2, -0.15) is 0 Å². The van der Waals surface area contributed by atoms with E-state index >= 15 is 0 Å². The highest BCUT2D eigenvalue weighted by atomic mass is 16.5. The summed E-state index contributed by atoms with van der Waals surface area (Å²) < 4.78 is 27.6. The molecular weight excluding hydrogens is 1390 g/mol. The molecule has 1 N–H and O–H groups in total. The van der Waals surface area contributed by atoms with Crippen LogP contribution < -0.4 is 5.32 Å². The van der Waals surface area contributed by atoms with Gasteiger partial charge in [0.1, 0.15) is 0 Å². The second-order valence-corrected chi connectivity index (χ2v) is 34.0. The van der Waals surface area contributed by atoms with E-state index in [4.69, 9.17) is 23.7 Å². The number of ether oxygens (including phenoxy) is 5. The Bertz CT molecular complexity index is 1850. The Hall–Kier alpha value is -2.81. The van der Waals surface area contributed by atoms with Crippen molar-refractivity contribution in [1.29, 1.82) is 0 Å². The van der Waals surface area contributed by atoms with Crippen molar-refractivity contribution in [2.75, 3.05) is 106 Å². The van der Waals surface area contributed by atoms with Gasteiger partial charge in [0, 0.05) is 32.7 Å². The zero-order valence-electron chi connectivity index (χ0n) is 76.2. The lowest BCUT2D eigenvalue weighted by molar-refractivity contribution is -0.145. The van der Waals surface area contributed by atoms with Crippen LogP contribution in [0, 0.1) is 0 Å². The summed E-state index contributed by atoms with van der Waals surface area (Å²) in [6.07, 6.45) is 88.9. The molecule has 0 spiro atoms. The predicted octanol–water partition coefficient (Wildman–Crippen LogP) is 27.6. The number of carbonyl (C=O) groups excluding carboxylic acids is 5. The summed E-state index contributed by atoms with van der Waals surface area (Å²) >= 11 is 0. The number of hydrogen-bond donors (Lipinski definition) is 1. The molecule has 0 aromatic rings. The first-order valence-corrected chi connectivity index (χ1v) is 49.6. The lowest BCUT2D eigenvalue weighted by Gasteiger charge is -2.23. The van der Waals surface area contributed by atoms with Crippen LogP contribution in [0.1, 0.15) is 497 Å². The van der Waals surface area contributed by atoms with Gasteiger partial charge in [-0.1, -0.05) is 420 Å². The van der Waals surface area contributed by atoms with Crippen LogP contribution in [-0.4, -0.2) is 151 Å². The molecule has 0 aliphatic rings. The average Bonchev–Trinajstić information content (AvgIpc) is 1.30. The molecule has 0 saturated carbocycles. The van der Waals surface area contributed by atoms with E-state index in [0.717, 1.165) is 110 Å². The van der Waals surface area contributed by atoms with Crippen LogP contribution in [0.4, 0.5) is 0 Å². The van der Waals surface area contributed by atoms with Gasteiger partial charge in [0.2, 0.25) is 0 Å². The lowest BCUT2D eigenvalue weighted by atomic mass is 10.0. The topological polar surface area (TPSA) is 153 Å². The Morgan fingerprint density at radius 1 is 0.188 bits per heavy atom. The predicted molar refractivity (Wildman–Crippen MR) is 480 cm³/mol. The van der Waals surface area contributed by atoms with Crippen molar-refractivity contribution in [3.63, 3.8) is 0 Å². The monoisotopic (exact) mass is 1590 g/mol. The van der Waals surface area contributed by atoms with Crippen molar-refractivity contribution in [2.24, 2.45) is 0 Å². The smallest absolute Gasteiger partial charge is 0.307 e. The van der Waals surface area contributed by atoms with Crippen molar-refractivity contribution in [2.45, 2.75) is 497 Å². The number of nitrogens with zero attached hydrogens (tertiary/aromatic N) is 3. The summed E-state index contributed by atoms with van der Waals surface area (Å²) in [5.74, 6) is -0.601. The summed E-state index contributed by atoms with van der Waals surface area (Å²) in [5.41, 5.74) is 0. The third-order valence-electron chi connectivity index (χ3n) is 22.6. The Labute approximate surface area is 696 Å². The molecule has 14 heteroatoms. The molecule has 0 heterocycles. The van der Waals surface area contributed by atoms with Crippen LogP contribution in [-0.2, 0) is 47.7 Å². The van der Waals surface area contributed by atoms with Gasteiger partial charge in [-0.05, 0) is 85.2 Å². The molecule has 0 amide bonds. The highest BCUT2D eigenvalue weighted by Crippen LogP contribution is 2.19. The van der Waals surface area contributed by atoms with E-state index in [9.17, 15) is 24.0 Å². The van der Waals surface area contributed by atoms with Gasteiger partial charge in [-0.3, -0.25) is 24.0 Å². The number of nitrogens with one attached hydrogen (secondary N) is 1. The molecule has 0 bridgehead atoms. The van der Waals surface area contributed by atoms with Crippen LogP contribution >= 0.6 is 0 Å². The van der Waals surface area contributed by atoms with Gasteiger partial charge in [0.05, 0.1) is 65.1 Å². The number of rotatable bonds is 93. The number of esters is 5. The maximum absolute atomic E-state index is 12.7. The fourth-order valence-electron chi connectivity index (χ4n) is 14.9. The van der Waals surface area contributed by atoms with Gasteiger partial charge in [-0.15, -0.1) is 0 Å². The summed E-state index contributed by atoms with van der Waals surface area (Å²) in [7, 11) is 4.10. The summed E-state index contributed by atoms with van der Waals surface area (Å²) in [6.45, 7) is 20.6. The van der Waals surface area contributed by atoms with Crippen molar-refractivity contribution in [3.8, 4) is 0 Å². The van der Waals surface area contributed by atoms with Crippen molar-refractivity contribution < 1.29 is 47.7 Å². The van der Waals surface area contributed by atoms with E-state index < -0.39 is 0 Å². The fraction of sp³-hybridized carbons (Fsp3) is 0.949. The fourth-order valence-corrected chi connectivity index (χ4v) is 14.9. The molecule has 14 nitrogen and oxygen atoms in total. The van der Waals surface area contributed by atoms with E-state index in [0.29, 0.717) is 91.3 Å². The largest absolute Gasteiger partial charge is 0.466 e. The van der Waals surface area contributed by atoms with E-state index in [1.807, 2.05) is 14.1 Å². The molecule has 0 radical (unpaired) electrons. The van der Waals surface area contributed by atoms with E-state index in [1.54, 1.807) is 0 Å². The third-order valence-corrected chi connectivity index (χ3v) is 22.6. The first kappa shape index (κ1) is 111. The molecule has 112 heavy (non-hydrogen) atoms. The van der Waals surface area contributed by atoms with E-state index in [-0.39, 0.29) is 29.8 Å². The minimum Gasteiger partial charge on any atom is -0.466 e. The number of carbonyl (C=O) groups is 5. The Morgan fingerprint density at radius 2 is 0.366 bits per heavy atom. The zero-order valence-corrected chi connectivity index (χ0v) is 76.2. The molecule has 0 unspecified atom stereocenters. The number of unbranched alkanes of at least 4 members (excludes halogenated alkanes) is 60. The van der Waals surface area contributed by atoms with Crippen LogP contribution in [0.3, 0.4) is 0 Å². The van der Waals surface area contributed by atoms with E-state index in [2.05, 4.69) is 54.6 Å². The quantitative estimate of drug-likeness (QED) is 0.0349. The SMILES string of the molecule is CCCCCCCCCCCCCCCOC(=O)CCN(C)CCCN(CCC(=O)OCCCCCCCCCCCCCCC)CCC(=O)OCCCCCCCCCCCCCCC.CCCCCCCCCCCCCCCOC(=O)CCNCCCN(C)CCC(=O)OCCCCCCCCCCCCCCC. The Kier molecular flexibility index (Phi) is 96.4. The molecule has 0 rings (SSSR count). The van der Waals surface area contributed by atoms with Crippen molar-refractivity contribution in [1.82, 2.24) is 20.0 Å². The Balaban J connectivity index is 0. The van der Waals surface area contributed by atoms with Crippen LogP contribution in [0.25, 0.3) is 0 Å². The standard InChI is InChI=1S/C58H114N2O6.C40H80N2O4/c1-5-8-11-14-17-20-23-26-29-32-35-38-41-53-64-56(61)45-50-59(4)48-44-49-60(51-46-57(62)65-54-42-39-36-33-30-27-24-21-18-15-12-9-6-2)52-47-58(63)66-55-43-40-37-34-31-28-25-22-19-16-13-10-7-3;1-4-6-8-10-12-14-16-18-20-22-24-26-28-37-45-39(43)31-34-41-33-30-35-42(3)36-32-40(44)46-38-29-27-25-23-21-19-17-15-13-11-9-7-5-2/h5-55H2,1-4H3;41H,4-38H2,1-3H3. The minimum absolute atomic E-state index is 0.0822. The number of hydrogen-bond acceptors (Lipinski definition) is 14. The highest BCUT2D eigenvalue weighted by Gasteiger charge is 2.15. The van der Waals surface area contributed by atoms with Gasteiger partial charge in [0.15, 0.2) is 0 Å². The zero-order chi connectivity index (χ0) is 81.7. The molecule has 0 fully saturated rings. The van der Waals surface area contributed by atoms with Crippen LogP contribution in [0.5, 0.6) is 0 Å². The lowest BCUT2D eigenvalue weighted by Crippen LogP contribution is -2.33. The average molecular weight is 1590 g/mol. The summed E-state index contributed by atoms with van der Waals surface area (Å²) in [5, 5.41) is 3.34. The maximum atomic E-state index is 12.7. The van der Waals surface area contributed by atoms with E-state index in [1.165, 1.54) is 353 Å². The van der Waals surface area contributed by atoms with Crippen molar-refractivity contribution in [3.05, 3.63) is 0 Å². The normalized spacial score (nSPS) is 11.5. The van der Waals surface area contributed by atoms with Gasteiger partial charge in [0.25, 0.3) is 0 Å². The first-order valence-electron chi connectivity index (χ1n) is 49.6. The molecule has 0 aliphatic carbocycles. The molecule has 0 atom stereocenters. The molecular formula is C98H194N4O10. The highest BCUT2D eigenvalue weighted by molar-refractivity contribution is 5.71. The molecule has 0 aromatic carbocycles. The molecule has 666 valence electrons. The first-order chi connectivity index (χ1) is 55.0. The van der Waals surface area contributed by atoms with Gasteiger partial charge >= 0.3 is 29.8 Å². The third kappa shape index (κ3) is 96.0. The second-order valence-electron chi connectivity index (χ2n) is 34.0. The molecule has 0 aliphatic heterocycles. The summed E-state index contributed by atoms with van der Waals surface area (Å²) in [6, 6.07) is 0. The van der Waals surface area contributed by atoms with Crippen LogP contribution in [0.15, 0.2) is 0 Å². The Morgan fingerprint density at radius 3 is 0.580 bits per heavy atom. The van der Waals surface area contributed by atoms with Crippen LogP contribution in [0.2, 0.25) is 0 Å². The molecule has 0 saturated heterocycles. The second kappa shape index (κ2) is 97.0. The van der Waals surface area contributed by atoms with Gasteiger partial charge in [-0.25, -0.2) is 0 Å². The van der Waals surface area contributed by atoms with Crippen molar-refractivity contribution >= 4 is 29.8 Å². The summed E-state index contributed by atoms with van der Waals surface area (Å²) in [4.78, 5) is 68.4.